The summed E-state index contributed by atoms with van der Waals surface area (Å²) in [5.74, 6) is -8.83. The first kappa shape index (κ1) is 30.3. The molecule has 0 saturated carbocycles. The maximum atomic E-state index is 13.6. The lowest BCUT2D eigenvalue weighted by molar-refractivity contribution is -0.292. The molecular weight excluding hydrogens is 614 g/mol. The Labute approximate surface area is 242 Å². The molecule has 0 spiro atoms. The van der Waals surface area contributed by atoms with Crippen LogP contribution in [0.2, 0.25) is 10.0 Å². The highest BCUT2D eigenvalue weighted by atomic mass is 35.5. The fourth-order valence-corrected chi connectivity index (χ4v) is 4.03. The van der Waals surface area contributed by atoms with Crippen molar-refractivity contribution < 1.29 is 31.5 Å². The van der Waals surface area contributed by atoms with Gasteiger partial charge in [0.15, 0.2) is 5.82 Å². The van der Waals surface area contributed by atoms with Gasteiger partial charge in [-0.15, -0.1) is 10.2 Å². The van der Waals surface area contributed by atoms with Crippen molar-refractivity contribution in [2.24, 2.45) is 0 Å². The van der Waals surface area contributed by atoms with Crippen LogP contribution in [-0.2, 0) is 12.5 Å². The van der Waals surface area contributed by atoms with Crippen molar-refractivity contribution in [2.75, 3.05) is 11.9 Å². The minimum atomic E-state index is -5.95. The lowest BCUT2D eigenvalue weighted by Crippen LogP contribution is -2.35. The van der Waals surface area contributed by atoms with E-state index in [0.717, 1.165) is 10.7 Å². The molecule has 3 aromatic heterocycles. The Hall–Kier alpha value is -4.69. The van der Waals surface area contributed by atoms with Crippen LogP contribution in [0, 0.1) is 18.3 Å². The van der Waals surface area contributed by atoms with E-state index in [-0.39, 0.29) is 45.0 Å². The Balaban J connectivity index is 1.73. The van der Waals surface area contributed by atoms with Gasteiger partial charge in [-0.2, -0.15) is 37.1 Å². The van der Waals surface area contributed by atoms with E-state index in [1.54, 1.807) is 13.0 Å². The van der Waals surface area contributed by atoms with Crippen LogP contribution in [0.4, 0.5) is 27.6 Å². The third-order valence-electron chi connectivity index (χ3n) is 5.44. The number of nitrogens with one attached hydrogen (secondary N) is 2. The number of carbonyl (C=O) groups excluding carboxylic acids is 2. The predicted octanol–water partition coefficient (Wildman–Crippen LogP) is 4.08. The Morgan fingerprint density at radius 1 is 1.10 bits per heavy atom. The lowest BCUT2D eigenvalue weighted by Gasteiger charge is -2.15. The second kappa shape index (κ2) is 11.7. The average molecular weight is 629 g/mol. The first-order valence-electron chi connectivity index (χ1n) is 11.4. The summed E-state index contributed by atoms with van der Waals surface area (Å²) in [5.41, 5.74) is 0.0456. The maximum Gasteiger partial charge on any atom is 0.461 e. The fraction of sp³-hybridized carbons (Fsp3) is 0.217. The van der Waals surface area contributed by atoms with Gasteiger partial charge in [0.25, 0.3) is 17.6 Å². The van der Waals surface area contributed by atoms with Crippen LogP contribution in [-0.4, -0.2) is 59.5 Å². The summed E-state index contributed by atoms with van der Waals surface area (Å²) in [4.78, 5) is 30.7. The average Bonchev–Trinajstić information content (AvgIpc) is 3.56. The minimum absolute atomic E-state index is 0.0359. The second-order valence-electron chi connectivity index (χ2n) is 8.40. The molecule has 2 N–H and O–H groups in total. The standard InChI is InChI=1S/C23H15Cl2F5N10O2/c1-11-7-12(24)8-14(19(41)33-6-4-31)17(11)34-20(42)16-9-13(36-40(16)18-15(25)3-2-5-32-18)10-39-37-21(35-38-39)22(26,27)23(28,29)30/h2-3,5,7-9H,6,10H2,1H3,(H,33,41)(H,34,42). The number of alkyl halides is 5. The number of hydrogen-bond donors (Lipinski definition) is 2. The zero-order valence-corrected chi connectivity index (χ0v) is 22.4. The lowest BCUT2D eigenvalue weighted by atomic mass is 10.1. The van der Waals surface area contributed by atoms with Crippen molar-refractivity contribution in [1.82, 2.24) is 40.3 Å². The van der Waals surface area contributed by atoms with Crippen LogP contribution in [0.1, 0.15) is 37.9 Å². The predicted molar refractivity (Wildman–Crippen MR) is 135 cm³/mol. The number of anilines is 1. The van der Waals surface area contributed by atoms with Gasteiger partial charge in [0, 0.05) is 11.2 Å². The van der Waals surface area contributed by atoms with Gasteiger partial charge in [0.05, 0.1) is 28.0 Å². The number of tetrazole rings is 1. The molecule has 0 aliphatic carbocycles. The largest absolute Gasteiger partial charge is 0.461 e. The molecule has 0 bridgehead atoms. The second-order valence-corrected chi connectivity index (χ2v) is 9.24. The fourth-order valence-electron chi connectivity index (χ4n) is 3.55. The summed E-state index contributed by atoms with van der Waals surface area (Å²) in [6.45, 7) is 0.658. The highest BCUT2D eigenvalue weighted by molar-refractivity contribution is 6.32. The molecule has 3 heterocycles. The highest BCUT2D eigenvalue weighted by Gasteiger charge is 2.62. The molecule has 218 valence electrons. The van der Waals surface area contributed by atoms with Crippen LogP contribution in [0.25, 0.3) is 5.82 Å². The molecule has 2 amide bonds. The quantitative estimate of drug-likeness (QED) is 0.218. The Morgan fingerprint density at radius 3 is 2.50 bits per heavy atom. The SMILES string of the molecule is Cc1cc(Cl)cc(C(=O)NCC#N)c1NC(=O)c1cc(Cn2nnc(C(F)(F)C(F)(F)F)n2)nn1-c1ncccc1Cl. The third-order valence-corrected chi connectivity index (χ3v) is 5.95. The van der Waals surface area contributed by atoms with Gasteiger partial charge >= 0.3 is 12.1 Å². The number of nitriles is 1. The van der Waals surface area contributed by atoms with Gasteiger partial charge in [-0.1, -0.05) is 23.2 Å². The number of nitrogens with zero attached hydrogens (tertiary/aromatic N) is 8. The molecule has 12 nitrogen and oxygen atoms in total. The number of hydrogen-bond acceptors (Lipinski definition) is 8. The number of benzene rings is 1. The topological polar surface area (TPSA) is 156 Å². The van der Waals surface area contributed by atoms with E-state index in [1.807, 2.05) is 0 Å². The number of rotatable bonds is 8. The number of amides is 2. The van der Waals surface area contributed by atoms with Crippen LogP contribution >= 0.6 is 23.2 Å². The molecule has 0 unspecified atom stereocenters. The smallest absolute Gasteiger partial charge is 0.339 e. The van der Waals surface area contributed by atoms with Crippen molar-refractivity contribution in [3.05, 3.63) is 74.9 Å². The molecule has 42 heavy (non-hydrogen) atoms. The third kappa shape index (κ3) is 6.14. The van der Waals surface area contributed by atoms with Crippen molar-refractivity contribution in [3.63, 3.8) is 0 Å². The zero-order valence-electron chi connectivity index (χ0n) is 20.9. The van der Waals surface area contributed by atoms with E-state index in [2.05, 4.69) is 36.1 Å². The van der Waals surface area contributed by atoms with Crippen molar-refractivity contribution in [2.45, 2.75) is 25.6 Å². The van der Waals surface area contributed by atoms with Gasteiger partial charge in [-0.3, -0.25) is 9.59 Å². The Kier molecular flexibility index (Phi) is 8.40. The van der Waals surface area contributed by atoms with Crippen LogP contribution in [0.3, 0.4) is 0 Å². The van der Waals surface area contributed by atoms with E-state index in [0.29, 0.717) is 10.4 Å². The molecule has 0 atom stereocenters. The molecule has 19 heteroatoms. The zero-order chi connectivity index (χ0) is 30.8. The summed E-state index contributed by atoms with van der Waals surface area (Å²) < 4.78 is 66.4. The van der Waals surface area contributed by atoms with Crippen molar-refractivity contribution >= 4 is 40.7 Å². The normalized spacial score (nSPS) is 11.7. The minimum Gasteiger partial charge on any atom is -0.339 e. The Morgan fingerprint density at radius 2 is 1.83 bits per heavy atom. The number of pyridine rings is 1. The van der Waals surface area contributed by atoms with Crippen LogP contribution < -0.4 is 10.6 Å². The molecule has 0 fully saturated rings. The van der Waals surface area contributed by atoms with Crippen LogP contribution in [0.5, 0.6) is 0 Å². The molecule has 4 rings (SSSR count). The summed E-state index contributed by atoms with van der Waals surface area (Å²) >= 11 is 12.3. The molecule has 1 aromatic carbocycles. The van der Waals surface area contributed by atoms with E-state index in [4.69, 9.17) is 28.5 Å². The molecule has 0 saturated heterocycles. The summed E-state index contributed by atoms with van der Waals surface area (Å²) in [6, 6.07) is 8.61. The molecule has 0 aliphatic rings. The van der Waals surface area contributed by atoms with Gasteiger partial charge in [0.2, 0.25) is 0 Å². The summed E-state index contributed by atoms with van der Waals surface area (Å²) in [6.07, 6.45) is -4.61. The monoisotopic (exact) mass is 628 g/mol. The van der Waals surface area contributed by atoms with Gasteiger partial charge in [0.1, 0.15) is 18.8 Å². The number of aromatic nitrogens is 7. The van der Waals surface area contributed by atoms with E-state index >= 15 is 0 Å². The van der Waals surface area contributed by atoms with E-state index in [9.17, 15) is 31.5 Å². The van der Waals surface area contributed by atoms with Crippen LogP contribution in [0.15, 0.2) is 36.5 Å². The first-order valence-corrected chi connectivity index (χ1v) is 12.2. The Bertz CT molecular complexity index is 1710. The van der Waals surface area contributed by atoms with Gasteiger partial charge in [-0.05, 0) is 48.0 Å². The molecular formula is C23H15Cl2F5N10O2. The molecule has 0 radical (unpaired) electrons. The van der Waals surface area contributed by atoms with E-state index < -0.39 is 36.3 Å². The van der Waals surface area contributed by atoms with Gasteiger partial charge in [-0.25, -0.2) is 9.67 Å². The van der Waals surface area contributed by atoms with Crippen molar-refractivity contribution in [1.29, 1.82) is 5.26 Å². The summed E-state index contributed by atoms with van der Waals surface area (Å²) in [5, 5.41) is 27.3. The highest BCUT2D eigenvalue weighted by Crippen LogP contribution is 2.41. The number of carbonyl (C=O) groups is 2. The number of aryl methyl sites for hydroxylation is 1. The maximum absolute atomic E-state index is 13.6. The molecule has 4 aromatic rings. The van der Waals surface area contributed by atoms with Gasteiger partial charge < -0.3 is 10.6 Å². The van der Waals surface area contributed by atoms with Crippen molar-refractivity contribution in [3.8, 4) is 11.9 Å². The molecule has 0 aliphatic heterocycles. The van der Waals surface area contributed by atoms with E-state index in [1.165, 1.54) is 30.5 Å². The first-order chi connectivity index (χ1) is 19.7. The number of halogens is 7. The summed E-state index contributed by atoms with van der Waals surface area (Å²) in [7, 11) is 0.